The fourth-order valence-corrected chi connectivity index (χ4v) is 2.76. The number of nitrogens with zero attached hydrogens (tertiary/aromatic N) is 9. The van der Waals surface area contributed by atoms with Crippen LogP contribution in [0.5, 0.6) is 0 Å². The minimum atomic E-state index is -0.170. The molecule has 0 saturated carbocycles. The zero-order valence-electron chi connectivity index (χ0n) is 15.5. The van der Waals surface area contributed by atoms with Crippen LogP contribution in [0, 0.1) is 0 Å². The van der Waals surface area contributed by atoms with Crippen LogP contribution in [0.2, 0.25) is 0 Å². The highest BCUT2D eigenvalue weighted by molar-refractivity contribution is 5.91. The van der Waals surface area contributed by atoms with Crippen LogP contribution in [0.1, 0.15) is 16.2 Å². The third-order valence-corrected chi connectivity index (χ3v) is 4.28. The molecule has 0 aliphatic heterocycles. The number of benzene rings is 1. The first kappa shape index (κ1) is 17.6. The van der Waals surface area contributed by atoms with E-state index in [9.17, 15) is 4.79 Å². The van der Waals surface area contributed by atoms with Crippen LogP contribution < -0.4 is 0 Å². The summed E-state index contributed by atoms with van der Waals surface area (Å²) in [5, 5.41) is 20.9. The van der Waals surface area contributed by atoms with E-state index >= 15 is 0 Å². The molecule has 10 nitrogen and oxygen atoms in total. The molecule has 0 unspecified atom stereocenters. The van der Waals surface area contributed by atoms with Crippen molar-refractivity contribution >= 4 is 5.91 Å². The second-order valence-corrected chi connectivity index (χ2v) is 6.34. The second-order valence-electron chi connectivity index (χ2n) is 6.34. The molecule has 4 rings (SSSR count). The molecule has 1 amide bonds. The van der Waals surface area contributed by atoms with Gasteiger partial charge in [-0.25, -0.2) is 4.68 Å². The maximum Gasteiger partial charge on any atom is 0.274 e. The fraction of sp³-hybridized carbons (Fsp3) is 0.222. The van der Waals surface area contributed by atoms with E-state index in [0.717, 1.165) is 11.3 Å². The van der Waals surface area contributed by atoms with Gasteiger partial charge in [0.15, 0.2) is 6.67 Å². The van der Waals surface area contributed by atoms with Crippen molar-refractivity contribution in [1.82, 2.24) is 44.7 Å². The van der Waals surface area contributed by atoms with Crippen molar-refractivity contribution in [3.8, 4) is 11.4 Å². The summed E-state index contributed by atoms with van der Waals surface area (Å²) in [7, 11) is 3.58. The summed E-state index contributed by atoms with van der Waals surface area (Å²) in [6.07, 6.45) is 3.42. The Morgan fingerprint density at radius 1 is 1.11 bits per heavy atom. The Labute approximate surface area is 161 Å². The summed E-state index contributed by atoms with van der Waals surface area (Å²) in [6.45, 7) is 0.714. The number of rotatable bonds is 6. The molecule has 1 aromatic carbocycles. The highest BCUT2D eigenvalue weighted by atomic mass is 16.2. The molecule has 0 aliphatic rings. The molecule has 4 aromatic rings. The first-order valence-corrected chi connectivity index (χ1v) is 8.69. The largest absolute Gasteiger partial charge is 0.334 e. The van der Waals surface area contributed by atoms with E-state index in [4.69, 9.17) is 0 Å². The van der Waals surface area contributed by atoms with E-state index in [1.54, 1.807) is 39.8 Å². The Hall–Kier alpha value is -3.82. The molecule has 0 spiro atoms. The summed E-state index contributed by atoms with van der Waals surface area (Å²) < 4.78 is 3.34. The number of tetrazole rings is 1. The monoisotopic (exact) mass is 377 g/mol. The number of carbonyl (C=O) groups excluding carboxylic acids is 1. The summed E-state index contributed by atoms with van der Waals surface area (Å²) in [5.41, 5.74) is 2.19. The highest BCUT2D eigenvalue weighted by Gasteiger charge is 2.16. The predicted octanol–water partition coefficient (Wildman–Crippen LogP) is 1.05. The minimum Gasteiger partial charge on any atom is -0.334 e. The lowest BCUT2D eigenvalue weighted by Gasteiger charge is -2.15. The van der Waals surface area contributed by atoms with E-state index in [-0.39, 0.29) is 12.6 Å². The van der Waals surface area contributed by atoms with Gasteiger partial charge in [0.05, 0.1) is 12.2 Å². The van der Waals surface area contributed by atoms with E-state index in [1.807, 2.05) is 43.4 Å². The molecule has 10 heteroatoms. The van der Waals surface area contributed by atoms with Crippen molar-refractivity contribution in [2.45, 2.75) is 13.2 Å². The van der Waals surface area contributed by atoms with Gasteiger partial charge in [0.2, 0.25) is 5.82 Å². The van der Waals surface area contributed by atoms with E-state index in [2.05, 4.69) is 25.6 Å². The lowest BCUT2D eigenvalue weighted by molar-refractivity contribution is 0.0775. The third kappa shape index (κ3) is 3.65. The maximum absolute atomic E-state index is 12.6. The van der Waals surface area contributed by atoms with Crippen LogP contribution in [0.3, 0.4) is 0 Å². The molecular formula is C18H19N9O. The van der Waals surface area contributed by atoms with Crippen molar-refractivity contribution in [2.75, 3.05) is 7.05 Å². The van der Waals surface area contributed by atoms with Gasteiger partial charge in [0.1, 0.15) is 5.69 Å². The Kier molecular flexibility index (Phi) is 4.67. The molecule has 142 valence electrons. The summed E-state index contributed by atoms with van der Waals surface area (Å²) in [5.74, 6) is 0.372. The number of hydrogen-bond acceptors (Lipinski definition) is 6. The molecular weight excluding hydrogens is 358 g/mol. The normalized spacial score (nSPS) is 10.9. The predicted molar refractivity (Wildman–Crippen MR) is 99.9 cm³/mol. The number of carbonyl (C=O) groups is 1. The maximum atomic E-state index is 12.6. The number of hydrogen-bond donors (Lipinski definition) is 0. The molecule has 0 saturated heterocycles. The average Bonchev–Trinajstić information content (AvgIpc) is 3.45. The lowest BCUT2D eigenvalue weighted by atomic mass is 10.2. The Morgan fingerprint density at radius 3 is 2.68 bits per heavy atom. The minimum absolute atomic E-state index is 0.170. The van der Waals surface area contributed by atoms with Crippen LogP contribution in [-0.2, 0) is 20.3 Å². The molecule has 0 fully saturated rings. The summed E-state index contributed by atoms with van der Waals surface area (Å²) >= 11 is 0. The number of aromatic nitrogens is 8. The van der Waals surface area contributed by atoms with Crippen molar-refractivity contribution in [2.24, 2.45) is 7.05 Å². The van der Waals surface area contributed by atoms with Crippen molar-refractivity contribution in [3.05, 3.63) is 66.2 Å². The first-order valence-electron chi connectivity index (χ1n) is 8.69. The topological polar surface area (TPSA) is 99.6 Å². The van der Waals surface area contributed by atoms with Gasteiger partial charge in [-0.1, -0.05) is 30.3 Å². The van der Waals surface area contributed by atoms with E-state index in [0.29, 0.717) is 18.1 Å². The van der Waals surface area contributed by atoms with Crippen molar-refractivity contribution in [1.29, 1.82) is 0 Å². The van der Waals surface area contributed by atoms with Gasteiger partial charge in [-0.3, -0.25) is 9.48 Å². The highest BCUT2D eigenvalue weighted by Crippen LogP contribution is 2.12. The Balaban J connectivity index is 1.42. The van der Waals surface area contributed by atoms with Gasteiger partial charge in [-0.05, 0) is 17.3 Å². The van der Waals surface area contributed by atoms with Crippen LogP contribution in [0.4, 0.5) is 0 Å². The smallest absolute Gasteiger partial charge is 0.274 e. The van der Waals surface area contributed by atoms with Gasteiger partial charge in [0, 0.05) is 32.1 Å². The standard InChI is InChI=1S/C18H19N9O/c1-24(12-15-8-10-19-25(15)2)18(28)16-9-11-26(21-16)13-27-22-17(20-23-27)14-6-4-3-5-7-14/h3-11H,12-13H2,1-2H3. The Morgan fingerprint density at radius 2 is 1.93 bits per heavy atom. The van der Waals surface area contributed by atoms with Crippen LogP contribution in [-0.4, -0.2) is 57.6 Å². The molecule has 28 heavy (non-hydrogen) atoms. The first-order chi connectivity index (χ1) is 13.6. The summed E-state index contributed by atoms with van der Waals surface area (Å²) in [6, 6.07) is 13.2. The fourth-order valence-electron chi connectivity index (χ4n) is 2.76. The number of aryl methyl sites for hydroxylation is 1. The van der Waals surface area contributed by atoms with Gasteiger partial charge < -0.3 is 4.90 Å². The molecule has 0 bridgehead atoms. The average molecular weight is 377 g/mol. The van der Waals surface area contributed by atoms with Crippen LogP contribution >= 0.6 is 0 Å². The van der Waals surface area contributed by atoms with Gasteiger partial charge >= 0.3 is 0 Å². The molecule has 0 atom stereocenters. The van der Waals surface area contributed by atoms with Gasteiger partial charge in [-0.15, -0.1) is 15.0 Å². The Bertz CT molecular complexity index is 1080. The van der Waals surface area contributed by atoms with Crippen LogP contribution in [0.25, 0.3) is 11.4 Å². The number of amides is 1. The third-order valence-electron chi connectivity index (χ3n) is 4.28. The summed E-state index contributed by atoms with van der Waals surface area (Å²) in [4.78, 5) is 15.6. The van der Waals surface area contributed by atoms with Gasteiger partial charge in [0.25, 0.3) is 5.91 Å². The second kappa shape index (κ2) is 7.43. The molecule has 3 aromatic heterocycles. The van der Waals surface area contributed by atoms with E-state index < -0.39 is 0 Å². The molecule has 0 N–H and O–H groups in total. The van der Waals surface area contributed by atoms with Crippen LogP contribution in [0.15, 0.2) is 54.9 Å². The van der Waals surface area contributed by atoms with E-state index in [1.165, 1.54) is 4.80 Å². The lowest BCUT2D eigenvalue weighted by Crippen LogP contribution is -2.27. The quantitative estimate of drug-likeness (QED) is 0.498. The zero-order valence-corrected chi connectivity index (χ0v) is 15.5. The zero-order chi connectivity index (χ0) is 19.5. The molecule has 0 radical (unpaired) electrons. The van der Waals surface area contributed by atoms with Gasteiger partial charge in [-0.2, -0.15) is 10.2 Å². The SMILES string of the molecule is CN(Cc1ccnn1C)C(=O)c1ccn(Cn2nnc(-c3ccccc3)n2)n1. The van der Waals surface area contributed by atoms with Crippen molar-refractivity contribution < 1.29 is 4.79 Å². The molecule has 0 aliphatic carbocycles. The van der Waals surface area contributed by atoms with Crippen molar-refractivity contribution in [3.63, 3.8) is 0 Å². The molecule has 3 heterocycles.